The Balaban J connectivity index is 3.26. The molecule has 1 rings (SSSR count). The molecule has 0 bridgehead atoms. The van der Waals surface area contributed by atoms with E-state index in [1.807, 2.05) is 63.3 Å². The van der Waals surface area contributed by atoms with Gasteiger partial charge in [-0.1, -0.05) is 45.0 Å². The number of amidine groups is 1. The first-order valence-electron chi connectivity index (χ1n) is 9.18. The van der Waals surface area contributed by atoms with Crippen LogP contribution in [0.3, 0.4) is 0 Å². The van der Waals surface area contributed by atoms with E-state index in [1.165, 1.54) is 0 Å². The SMILES string of the molecule is CC/C=C(\C=C(/CC)C(=O)CC)C(N)=C(C)C(=NC)Nc1ccccc1. The van der Waals surface area contributed by atoms with Gasteiger partial charge in [0, 0.05) is 30.4 Å². The fraction of sp³-hybridized carbons (Fsp3) is 0.364. The minimum Gasteiger partial charge on any atom is -0.398 e. The van der Waals surface area contributed by atoms with E-state index >= 15 is 0 Å². The first-order valence-corrected chi connectivity index (χ1v) is 9.18. The number of hydrogen-bond acceptors (Lipinski definition) is 3. The van der Waals surface area contributed by atoms with Gasteiger partial charge in [-0.25, -0.2) is 0 Å². The molecule has 0 unspecified atom stereocenters. The third kappa shape index (κ3) is 6.03. The monoisotopic (exact) mass is 353 g/mol. The average molecular weight is 354 g/mol. The van der Waals surface area contributed by atoms with E-state index < -0.39 is 0 Å². The summed E-state index contributed by atoms with van der Waals surface area (Å²) < 4.78 is 0. The molecule has 26 heavy (non-hydrogen) atoms. The number of aliphatic imine (C=N–C) groups is 1. The topological polar surface area (TPSA) is 67.5 Å². The summed E-state index contributed by atoms with van der Waals surface area (Å²) in [6.07, 6.45) is 6.00. The Labute approximate surface area is 157 Å². The molecule has 0 atom stereocenters. The van der Waals surface area contributed by atoms with E-state index in [0.717, 1.165) is 28.8 Å². The number of carbonyl (C=O) groups is 1. The molecule has 140 valence electrons. The zero-order chi connectivity index (χ0) is 19.5. The lowest BCUT2D eigenvalue weighted by Crippen LogP contribution is -2.18. The summed E-state index contributed by atoms with van der Waals surface area (Å²) in [6, 6.07) is 9.86. The lowest BCUT2D eigenvalue weighted by Gasteiger charge is -2.14. The second-order valence-electron chi connectivity index (χ2n) is 5.97. The molecule has 4 nitrogen and oxygen atoms in total. The average Bonchev–Trinajstić information content (AvgIpc) is 2.68. The number of benzene rings is 1. The highest BCUT2D eigenvalue weighted by Crippen LogP contribution is 2.19. The van der Waals surface area contributed by atoms with Gasteiger partial charge in [-0.05, 0) is 49.1 Å². The Hall–Kier alpha value is -2.62. The third-order valence-corrected chi connectivity index (χ3v) is 4.14. The standard InChI is InChI=1S/C22H31N3O/c1-6-12-18(15-17(7-2)20(26)8-3)21(23)16(4)22(24-5)25-19-13-10-9-11-14-19/h9-15H,6-8,23H2,1-5H3,(H,24,25)/b17-15+,18-12+,21-16?. The van der Waals surface area contributed by atoms with Gasteiger partial charge in [0.15, 0.2) is 5.78 Å². The summed E-state index contributed by atoms with van der Waals surface area (Å²) >= 11 is 0. The molecule has 0 saturated carbocycles. The van der Waals surface area contributed by atoms with Crippen molar-refractivity contribution < 1.29 is 4.79 Å². The van der Waals surface area contributed by atoms with Gasteiger partial charge in [0.1, 0.15) is 5.84 Å². The first-order chi connectivity index (χ1) is 12.5. The lowest BCUT2D eigenvalue weighted by molar-refractivity contribution is -0.115. The molecule has 1 aromatic carbocycles. The summed E-state index contributed by atoms with van der Waals surface area (Å²) in [5.74, 6) is 0.871. The van der Waals surface area contributed by atoms with E-state index in [0.29, 0.717) is 24.4 Å². The summed E-state index contributed by atoms with van der Waals surface area (Å²) in [4.78, 5) is 16.5. The minimum atomic E-state index is 0.159. The maximum Gasteiger partial charge on any atom is 0.158 e. The molecule has 0 aliphatic rings. The molecular formula is C22H31N3O. The normalized spacial score (nSPS) is 14.1. The number of nitrogens with zero attached hydrogens (tertiary/aromatic N) is 1. The second kappa shape index (κ2) is 11.1. The largest absolute Gasteiger partial charge is 0.398 e. The number of Topliss-reactive ketones (excluding diaryl/α,β-unsaturated/α-hetero) is 1. The predicted octanol–water partition coefficient (Wildman–Crippen LogP) is 5.01. The molecule has 4 heteroatoms. The highest BCUT2D eigenvalue weighted by Gasteiger charge is 2.12. The summed E-state index contributed by atoms with van der Waals surface area (Å²) in [6.45, 7) is 7.87. The van der Waals surface area contributed by atoms with Gasteiger partial charge >= 0.3 is 0 Å². The van der Waals surface area contributed by atoms with Crippen LogP contribution in [0.5, 0.6) is 0 Å². The number of nitrogens with one attached hydrogen (secondary N) is 1. The van der Waals surface area contributed by atoms with E-state index in [9.17, 15) is 4.79 Å². The fourth-order valence-corrected chi connectivity index (χ4v) is 2.58. The summed E-state index contributed by atoms with van der Waals surface area (Å²) in [7, 11) is 1.74. The van der Waals surface area contributed by atoms with Crippen LogP contribution in [-0.2, 0) is 4.79 Å². The molecule has 0 fully saturated rings. The first kappa shape index (κ1) is 21.4. The van der Waals surface area contributed by atoms with Crippen molar-refractivity contribution in [2.45, 2.75) is 47.0 Å². The quantitative estimate of drug-likeness (QED) is 0.299. The third-order valence-electron chi connectivity index (χ3n) is 4.14. The van der Waals surface area contributed by atoms with Crippen LogP contribution in [0.4, 0.5) is 5.69 Å². The van der Waals surface area contributed by atoms with Gasteiger partial charge in [-0.15, -0.1) is 0 Å². The van der Waals surface area contributed by atoms with Crippen LogP contribution in [0.1, 0.15) is 47.0 Å². The fourth-order valence-electron chi connectivity index (χ4n) is 2.58. The number of nitrogens with two attached hydrogens (primary N) is 1. The molecule has 0 radical (unpaired) electrons. The number of rotatable bonds is 8. The van der Waals surface area contributed by atoms with Crippen LogP contribution < -0.4 is 11.1 Å². The molecule has 0 aliphatic carbocycles. The zero-order valence-corrected chi connectivity index (χ0v) is 16.6. The molecule has 0 spiro atoms. The van der Waals surface area contributed by atoms with Crippen molar-refractivity contribution >= 4 is 17.3 Å². The van der Waals surface area contributed by atoms with Crippen LogP contribution in [0.25, 0.3) is 0 Å². The minimum absolute atomic E-state index is 0.159. The van der Waals surface area contributed by atoms with Crippen molar-refractivity contribution in [3.8, 4) is 0 Å². The van der Waals surface area contributed by atoms with Crippen LogP contribution in [0, 0.1) is 0 Å². The van der Waals surface area contributed by atoms with Gasteiger partial charge in [-0.2, -0.15) is 0 Å². The number of hydrogen-bond donors (Lipinski definition) is 2. The van der Waals surface area contributed by atoms with Crippen molar-refractivity contribution in [3.05, 3.63) is 64.9 Å². The Bertz CT molecular complexity index is 725. The molecule has 0 saturated heterocycles. The summed E-state index contributed by atoms with van der Waals surface area (Å²) in [5, 5.41) is 3.30. The molecule has 0 heterocycles. The Morgan fingerprint density at radius 3 is 2.31 bits per heavy atom. The number of carbonyl (C=O) groups excluding carboxylic acids is 1. The van der Waals surface area contributed by atoms with Crippen LogP contribution in [0.15, 0.2) is 69.9 Å². The second-order valence-corrected chi connectivity index (χ2v) is 5.97. The van der Waals surface area contributed by atoms with E-state index in [2.05, 4.69) is 17.2 Å². The van der Waals surface area contributed by atoms with Crippen LogP contribution in [-0.4, -0.2) is 18.7 Å². The van der Waals surface area contributed by atoms with Crippen molar-refractivity contribution in [2.24, 2.45) is 10.7 Å². The molecule has 1 aromatic rings. The van der Waals surface area contributed by atoms with Crippen LogP contribution in [0.2, 0.25) is 0 Å². The predicted molar refractivity (Wildman–Crippen MR) is 112 cm³/mol. The highest BCUT2D eigenvalue weighted by atomic mass is 16.1. The van der Waals surface area contributed by atoms with Crippen molar-refractivity contribution in [1.29, 1.82) is 0 Å². The zero-order valence-electron chi connectivity index (χ0n) is 16.6. The van der Waals surface area contributed by atoms with Crippen molar-refractivity contribution in [1.82, 2.24) is 0 Å². The smallest absolute Gasteiger partial charge is 0.158 e. The van der Waals surface area contributed by atoms with Crippen molar-refractivity contribution in [3.63, 3.8) is 0 Å². The van der Waals surface area contributed by atoms with Gasteiger partial charge in [0.25, 0.3) is 0 Å². The highest BCUT2D eigenvalue weighted by molar-refractivity contribution is 6.08. The number of ketones is 1. The Morgan fingerprint density at radius 2 is 1.81 bits per heavy atom. The van der Waals surface area contributed by atoms with E-state index in [1.54, 1.807) is 7.05 Å². The number of para-hydroxylation sites is 1. The van der Waals surface area contributed by atoms with E-state index in [4.69, 9.17) is 5.73 Å². The number of allylic oxidation sites excluding steroid dienone is 3. The van der Waals surface area contributed by atoms with E-state index in [-0.39, 0.29) is 5.78 Å². The van der Waals surface area contributed by atoms with Gasteiger partial charge < -0.3 is 11.1 Å². The Morgan fingerprint density at radius 1 is 1.15 bits per heavy atom. The molecule has 0 aliphatic heterocycles. The number of anilines is 1. The molecule has 0 amide bonds. The summed E-state index contributed by atoms with van der Waals surface area (Å²) in [5.41, 5.74) is 10.6. The maximum atomic E-state index is 12.1. The molecular weight excluding hydrogens is 322 g/mol. The molecule has 3 N–H and O–H groups in total. The van der Waals surface area contributed by atoms with Crippen molar-refractivity contribution in [2.75, 3.05) is 12.4 Å². The maximum absolute atomic E-state index is 12.1. The Kier molecular flexibility index (Phi) is 9.13. The van der Waals surface area contributed by atoms with Gasteiger partial charge in [-0.3, -0.25) is 9.79 Å². The van der Waals surface area contributed by atoms with Gasteiger partial charge in [0.05, 0.1) is 0 Å². The molecule has 0 aromatic heterocycles. The van der Waals surface area contributed by atoms with Crippen LogP contribution >= 0.6 is 0 Å². The lowest BCUT2D eigenvalue weighted by atomic mass is 9.99. The van der Waals surface area contributed by atoms with Gasteiger partial charge in [0.2, 0.25) is 0 Å².